The Morgan fingerprint density at radius 1 is 1.20 bits per heavy atom. The fourth-order valence-electron chi connectivity index (χ4n) is 2.87. The zero-order chi connectivity index (χ0) is 14.2. The van der Waals surface area contributed by atoms with E-state index < -0.39 is 0 Å². The average molecular weight is 276 g/mol. The van der Waals surface area contributed by atoms with Gasteiger partial charge in [0.15, 0.2) is 0 Å². The van der Waals surface area contributed by atoms with E-state index >= 15 is 0 Å². The average Bonchev–Trinajstić information content (AvgIpc) is 2.49. The highest BCUT2D eigenvalue weighted by Crippen LogP contribution is 2.25. The van der Waals surface area contributed by atoms with Crippen LogP contribution in [0, 0.1) is 0 Å². The summed E-state index contributed by atoms with van der Waals surface area (Å²) < 4.78 is 5.74. The Kier molecular flexibility index (Phi) is 6.34. The third kappa shape index (κ3) is 4.22. The molecule has 0 radical (unpaired) electrons. The van der Waals surface area contributed by atoms with Crippen LogP contribution in [-0.4, -0.2) is 32.3 Å². The van der Waals surface area contributed by atoms with Gasteiger partial charge in [0.1, 0.15) is 0 Å². The number of hydrogen-bond acceptors (Lipinski definition) is 3. The molecule has 20 heavy (non-hydrogen) atoms. The van der Waals surface area contributed by atoms with E-state index in [0.29, 0.717) is 6.10 Å². The number of piperidine rings is 1. The summed E-state index contributed by atoms with van der Waals surface area (Å²) in [6, 6.07) is 8.78. The van der Waals surface area contributed by atoms with Gasteiger partial charge in [-0.1, -0.05) is 25.1 Å². The highest BCUT2D eigenvalue weighted by atomic mass is 16.5. The number of anilines is 1. The van der Waals surface area contributed by atoms with Crippen LogP contribution in [0.15, 0.2) is 24.3 Å². The minimum atomic E-state index is 0.460. The zero-order valence-corrected chi connectivity index (χ0v) is 12.9. The van der Waals surface area contributed by atoms with E-state index in [2.05, 4.69) is 48.3 Å². The number of hydrogen-bond donors (Lipinski definition) is 1. The summed E-state index contributed by atoms with van der Waals surface area (Å²) in [7, 11) is 0. The smallest absolute Gasteiger partial charge is 0.0608 e. The lowest BCUT2D eigenvalue weighted by Gasteiger charge is -2.34. The minimum Gasteiger partial charge on any atom is -0.378 e. The Morgan fingerprint density at radius 2 is 1.95 bits per heavy atom. The van der Waals surface area contributed by atoms with E-state index in [1.807, 2.05) is 0 Å². The molecular formula is C17H28N2O. The molecule has 0 amide bonds. The summed E-state index contributed by atoms with van der Waals surface area (Å²) in [4.78, 5) is 2.51. The molecule has 112 valence electrons. The fraction of sp³-hybridized carbons (Fsp3) is 0.647. The van der Waals surface area contributed by atoms with Crippen molar-refractivity contribution in [3.8, 4) is 0 Å². The lowest BCUT2D eigenvalue weighted by atomic mass is 10.0. The van der Waals surface area contributed by atoms with Gasteiger partial charge in [0.25, 0.3) is 0 Å². The molecule has 1 aliphatic heterocycles. The Bertz CT molecular complexity index is 386. The van der Waals surface area contributed by atoms with Crippen LogP contribution in [0.5, 0.6) is 0 Å². The molecule has 1 fully saturated rings. The van der Waals surface area contributed by atoms with Crippen molar-refractivity contribution in [2.24, 2.45) is 0 Å². The Balaban J connectivity index is 1.95. The summed E-state index contributed by atoms with van der Waals surface area (Å²) in [5, 5.41) is 3.51. The van der Waals surface area contributed by atoms with E-state index in [4.69, 9.17) is 4.74 Å². The van der Waals surface area contributed by atoms with Crippen LogP contribution >= 0.6 is 0 Å². The molecule has 3 heteroatoms. The molecular weight excluding hydrogens is 248 g/mol. The molecule has 0 atom stereocenters. The van der Waals surface area contributed by atoms with Crippen LogP contribution in [0.4, 0.5) is 5.69 Å². The Morgan fingerprint density at radius 3 is 2.65 bits per heavy atom. The first-order valence-corrected chi connectivity index (χ1v) is 8.00. The SMILES string of the molecule is CCCNCc1ccccc1N1CCC(OCC)CC1. The molecule has 0 aliphatic carbocycles. The van der Waals surface area contributed by atoms with Crippen molar-refractivity contribution >= 4 is 5.69 Å². The first-order chi connectivity index (χ1) is 9.85. The van der Waals surface area contributed by atoms with Crippen LogP contribution in [0.2, 0.25) is 0 Å². The molecule has 0 spiro atoms. The van der Waals surface area contributed by atoms with Gasteiger partial charge in [-0.15, -0.1) is 0 Å². The van der Waals surface area contributed by atoms with Crippen molar-refractivity contribution in [2.45, 2.75) is 45.8 Å². The van der Waals surface area contributed by atoms with E-state index in [1.165, 1.54) is 17.7 Å². The summed E-state index contributed by atoms with van der Waals surface area (Å²) >= 11 is 0. The van der Waals surface area contributed by atoms with E-state index in [-0.39, 0.29) is 0 Å². The first kappa shape index (κ1) is 15.3. The van der Waals surface area contributed by atoms with Crippen molar-refractivity contribution in [1.29, 1.82) is 0 Å². The summed E-state index contributed by atoms with van der Waals surface area (Å²) in [6.45, 7) is 9.39. The second kappa shape index (κ2) is 8.28. The first-order valence-electron chi connectivity index (χ1n) is 8.00. The number of para-hydroxylation sites is 1. The van der Waals surface area contributed by atoms with Gasteiger partial charge >= 0.3 is 0 Å². The number of nitrogens with one attached hydrogen (secondary N) is 1. The fourth-order valence-corrected chi connectivity index (χ4v) is 2.87. The predicted octanol–water partition coefficient (Wildman–Crippen LogP) is 3.19. The van der Waals surface area contributed by atoms with Gasteiger partial charge in [-0.2, -0.15) is 0 Å². The quantitative estimate of drug-likeness (QED) is 0.774. The van der Waals surface area contributed by atoms with Gasteiger partial charge in [-0.3, -0.25) is 0 Å². The molecule has 1 N–H and O–H groups in total. The molecule has 1 aliphatic rings. The lowest BCUT2D eigenvalue weighted by Crippen LogP contribution is -2.37. The molecule has 0 bridgehead atoms. The lowest BCUT2D eigenvalue weighted by molar-refractivity contribution is 0.0459. The number of nitrogens with zero attached hydrogens (tertiary/aromatic N) is 1. The summed E-state index contributed by atoms with van der Waals surface area (Å²) in [5.41, 5.74) is 2.81. The molecule has 1 saturated heterocycles. The maximum atomic E-state index is 5.74. The standard InChI is InChI=1S/C17H28N2O/c1-3-11-18-14-15-7-5-6-8-17(15)19-12-9-16(10-13-19)20-4-2/h5-8,16,18H,3-4,9-14H2,1-2H3. The molecule has 1 heterocycles. The molecule has 0 unspecified atom stereocenters. The third-order valence-electron chi connectivity index (χ3n) is 3.92. The number of ether oxygens (including phenoxy) is 1. The van der Waals surface area contributed by atoms with Gasteiger partial charge in [0.05, 0.1) is 6.10 Å². The number of rotatable bonds is 7. The maximum Gasteiger partial charge on any atom is 0.0608 e. The van der Waals surface area contributed by atoms with Crippen LogP contribution in [-0.2, 0) is 11.3 Å². The molecule has 0 saturated carbocycles. The third-order valence-corrected chi connectivity index (χ3v) is 3.92. The second-order valence-corrected chi connectivity index (χ2v) is 5.45. The molecule has 2 rings (SSSR count). The molecule has 1 aromatic carbocycles. The van der Waals surface area contributed by atoms with Crippen LogP contribution in [0.1, 0.15) is 38.7 Å². The number of benzene rings is 1. The maximum absolute atomic E-state index is 5.74. The van der Waals surface area contributed by atoms with Crippen molar-refractivity contribution in [2.75, 3.05) is 31.1 Å². The van der Waals surface area contributed by atoms with Gasteiger partial charge in [0, 0.05) is 31.9 Å². The molecule has 1 aromatic rings. The topological polar surface area (TPSA) is 24.5 Å². The molecule has 3 nitrogen and oxygen atoms in total. The summed E-state index contributed by atoms with van der Waals surface area (Å²) in [5.74, 6) is 0. The van der Waals surface area contributed by atoms with Gasteiger partial charge < -0.3 is 15.0 Å². The minimum absolute atomic E-state index is 0.460. The summed E-state index contributed by atoms with van der Waals surface area (Å²) in [6.07, 6.45) is 3.93. The van der Waals surface area contributed by atoms with Crippen LogP contribution < -0.4 is 10.2 Å². The highest BCUT2D eigenvalue weighted by Gasteiger charge is 2.20. The van der Waals surface area contributed by atoms with Gasteiger partial charge in [0.2, 0.25) is 0 Å². The van der Waals surface area contributed by atoms with Crippen molar-refractivity contribution in [1.82, 2.24) is 5.32 Å². The normalized spacial score (nSPS) is 16.6. The Labute approximate surface area is 123 Å². The van der Waals surface area contributed by atoms with Crippen molar-refractivity contribution in [3.05, 3.63) is 29.8 Å². The highest BCUT2D eigenvalue weighted by molar-refractivity contribution is 5.54. The van der Waals surface area contributed by atoms with Crippen molar-refractivity contribution in [3.63, 3.8) is 0 Å². The van der Waals surface area contributed by atoms with E-state index in [0.717, 1.165) is 45.6 Å². The molecule has 0 aromatic heterocycles. The van der Waals surface area contributed by atoms with Crippen LogP contribution in [0.3, 0.4) is 0 Å². The van der Waals surface area contributed by atoms with E-state index in [9.17, 15) is 0 Å². The predicted molar refractivity (Wildman–Crippen MR) is 85.3 cm³/mol. The van der Waals surface area contributed by atoms with E-state index in [1.54, 1.807) is 0 Å². The van der Waals surface area contributed by atoms with Crippen LogP contribution in [0.25, 0.3) is 0 Å². The zero-order valence-electron chi connectivity index (χ0n) is 12.9. The Hall–Kier alpha value is -1.06. The van der Waals surface area contributed by atoms with Gasteiger partial charge in [-0.25, -0.2) is 0 Å². The largest absolute Gasteiger partial charge is 0.378 e. The van der Waals surface area contributed by atoms with Gasteiger partial charge in [-0.05, 0) is 44.4 Å². The monoisotopic (exact) mass is 276 g/mol. The second-order valence-electron chi connectivity index (χ2n) is 5.45. The van der Waals surface area contributed by atoms with Crippen molar-refractivity contribution < 1.29 is 4.74 Å².